The minimum atomic E-state index is -0.0477. The Morgan fingerprint density at radius 3 is 2.38 bits per heavy atom. The van der Waals surface area contributed by atoms with Gasteiger partial charge in [0.1, 0.15) is 11.5 Å². The van der Waals surface area contributed by atoms with E-state index in [1.807, 2.05) is 54.6 Å². The van der Waals surface area contributed by atoms with E-state index in [0.717, 1.165) is 18.6 Å². The maximum Gasteiger partial charge on any atom is 0.255 e. The third-order valence-electron chi connectivity index (χ3n) is 3.79. The van der Waals surface area contributed by atoms with Gasteiger partial charge in [0.05, 0.1) is 5.56 Å². The van der Waals surface area contributed by atoms with Gasteiger partial charge in [-0.15, -0.1) is 0 Å². The first kappa shape index (κ1) is 13.7. The topological polar surface area (TPSA) is 38.3 Å². The Morgan fingerprint density at radius 2 is 1.62 bits per heavy atom. The lowest BCUT2D eigenvalue weighted by Crippen LogP contribution is -2.32. The second-order valence-electron chi connectivity index (χ2n) is 5.37. The SMILES string of the molecule is O=C(NC1CCCC1)c1ccccc1Oc1ccccc1. The standard InChI is InChI=1S/C18H19NO2/c20-18(19-14-8-4-5-9-14)16-12-6-7-13-17(16)21-15-10-2-1-3-11-15/h1-3,6-7,10-14H,4-5,8-9H2,(H,19,20). The highest BCUT2D eigenvalue weighted by molar-refractivity contribution is 5.97. The van der Waals surface area contributed by atoms with Crippen molar-refractivity contribution in [3.05, 3.63) is 60.2 Å². The number of ether oxygens (including phenoxy) is 1. The van der Waals surface area contributed by atoms with Gasteiger partial charge in [-0.3, -0.25) is 4.79 Å². The van der Waals surface area contributed by atoms with E-state index < -0.39 is 0 Å². The van der Waals surface area contributed by atoms with Crippen LogP contribution in [-0.2, 0) is 0 Å². The molecule has 2 aromatic rings. The Labute approximate surface area is 124 Å². The van der Waals surface area contributed by atoms with Crippen LogP contribution >= 0.6 is 0 Å². The molecule has 0 radical (unpaired) electrons. The lowest BCUT2D eigenvalue weighted by molar-refractivity contribution is 0.0935. The van der Waals surface area contributed by atoms with E-state index in [2.05, 4.69) is 5.32 Å². The predicted octanol–water partition coefficient (Wildman–Crippen LogP) is 4.15. The van der Waals surface area contributed by atoms with Crippen LogP contribution in [0.2, 0.25) is 0 Å². The summed E-state index contributed by atoms with van der Waals surface area (Å²) in [6.07, 6.45) is 4.56. The molecular formula is C18H19NO2. The molecule has 1 saturated carbocycles. The minimum Gasteiger partial charge on any atom is -0.457 e. The van der Waals surface area contributed by atoms with Crippen LogP contribution in [0.3, 0.4) is 0 Å². The van der Waals surface area contributed by atoms with Gasteiger partial charge in [-0.25, -0.2) is 0 Å². The molecule has 1 aliphatic carbocycles. The van der Waals surface area contributed by atoms with Crippen LogP contribution in [-0.4, -0.2) is 11.9 Å². The number of carbonyl (C=O) groups excluding carboxylic acids is 1. The van der Waals surface area contributed by atoms with Gasteiger partial charge < -0.3 is 10.1 Å². The van der Waals surface area contributed by atoms with Gasteiger partial charge in [0.15, 0.2) is 0 Å². The van der Waals surface area contributed by atoms with Crippen LogP contribution in [0.4, 0.5) is 0 Å². The van der Waals surface area contributed by atoms with Crippen LogP contribution in [0.1, 0.15) is 36.0 Å². The molecule has 1 fully saturated rings. The van der Waals surface area contributed by atoms with E-state index in [4.69, 9.17) is 4.74 Å². The fourth-order valence-corrected chi connectivity index (χ4v) is 2.69. The van der Waals surface area contributed by atoms with E-state index in [0.29, 0.717) is 17.4 Å². The van der Waals surface area contributed by atoms with Crippen LogP contribution in [0.25, 0.3) is 0 Å². The fourth-order valence-electron chi connectivity index (χ4n) is 2.69. The van der Waals surface area contributed by atoms with Crippen LogP contribution < -0.4 is 10.1 Å². The molecular weight excluding hydrogens is 262 g/mol. The smallest absolute Gasteiger partial charge is 0.255 e. The first-order chi connectivity index (χ1) is 10.3. The van der Waals surface area contributed by atoms with Crippen LogP contribution in [0.15, 0.2) is 54.6 Å². The third-order valence-corrected chi connectivity index (χ3v) is 3.79. The molecule has 0 saturated heterocycles. The van der Waals surface area contributed by atoms with Gasteiger partial charge in [-0.2, -0.15) is 0 Å². The second-order valence-corrected chi connectivity index (χ2v) is 5.37. The van der Waals surface area contributed by atoms with Gasteiger partial charge in [0.25, 0.3) is 5.91 Å². The maximum absolute atomic E-state index is 12.4. The van der Waals surface area contributed by atoms with Crippen LogP contribution in [0, 0.1) is 0 Å². The molecule has 0 unspecified atom stereocenters. The van der Waals surface area contributed by atoms with Crippen molar-refractivity contribution in [2.45, 2.75) is 31.7 Å². The van der Waals surface area contributed by atoms with E-state index in [1.165, 1.54) is 12.8 Å². The largest absolute Gasteiger partial charge is 0.457 e. The summed E-state index contributed by atoms with van der Waals surface area (Å²) in [5.74, 6) is 1.28. The molecule has 0 bridgehead atoms. The summed E-state index contributed by atoms with van der Waals surface area (Å²) in [7, 11) is 0. The Balaban J connectivity index is 1.77. The molecule has 0 aromatic heterocycles. The van der Waals surface area contributed by atoms with Gasteiger partial charge in [-0.1, -0.05) is 43.2 Å². The molecule has 3 nitrogen and oxygen atoms in total. The normalized spacial score (nSPS) is 14.9. The molecule has 3 rings (SSSR count). The number of carbonyl (C=O) groups is 1. The highest BCUT2D eigenvalue weighted by atomic mass is 16.5. The Bertz CT molecular complexity index is 604. The summed E-state index contributed by atoms with van der Waals surface area (Å²) in [5, 5.41) is 3.10. The zero-order chi connectivity index (χ0) is 14.5. The molecule has 0 atom stereocenters. The van der Waals surface area contributed by atoms with Crippen molar-refractivity contribution in [2.24, 2.45) is 0 Å². The molecule has 1 amide bonds. The monoisotopic (exact) mass is 281 g/mol. The average molecular weight is 281 g/mol. The van der Waals surface area contributed by atoms with Gasteiger partial charge in [-0.05, 0) is 37.1 Å². The summed E-state index contributed by atoms with van der Waals surface area (Å²) in [5.41, 5.74) is 0.591. The third kappa shape index (κ3) is 3.43. The number of para-hydroxylation sites is 2. The van der Waals surface area contributed by atoms with Gasteiger partial charge in [0, 0.05) is 6.04 Å². The Hall–Kier alpha value is -2.29. The van der Waals surface area contributed by atoms with E-state index in [-0.39, 0.29) is 5.91 Å². The lowest BCUT2D eigenvalue weighted by Gasteiger charge is -2.14. The minimum absolute atomic E-state index is 0.0477. The number of hydrogen-bond donors (Lipinski definition) is 1. The van der Waals surface area contributed by atoms with Crippen molar-refractivity contribution >= 4 is 5.91 Å². The van der Waals surface area contributed by atoms with E-state index in [1.54, 1.807) is 0 Å². The Kier molecular flexibility index (Phi) is 4.20. The fraction of sp³-hybridized carbons (Fsp3) is 0.278. The summed E-state index contributed by atoms with van der Waals surface area (Å²) in [6.45, 7) is 0. The van der Waals surface area contributed by atoms with Crippen molar-refractivity contribution in [1.29, 1.82) is 0 Å². The van der Waals surface area contributed by atoms with Gasteiger partial charge in [0.2, 0.25) is 0 Å². The van der Waals surface area contributed by atoms with E-state index in [9.17, 15) is 4.79 Å². The second kappa shape index (κ2) is 6.44. The summed E-state index contributed by atoms with van der Waals surface area (Å²) in [6, 6.07) is 17.2. The van der Waals surface area contributed by atoms with Crippen molar-refractivity contribution in [2.75, 3.05) is 0 Å². The summed E-state index contributed by atoms with van der Waals surface area (Å²) >= 11 is 0. The summed E-state index contributed by atoms with van der Waals surface area (Å²) in [4.78, 5) is 12.4. The van der Waals surface area contributed by atoms with Crippen molar-refractivity contribution in [1.82, 2.24) is 5.32 Å². The van der Waals surface area contributed by atoms with Crippen molar-refractivity contribution in [3.8, 4) is 11.5 Å². The molecule has 0 spiro atoms. The molecule has 3 heteroatoms. The maximum atomic E-state index is 12.4. The van der Waals surface area contributed by atoms with Gasteiger partial charge >= 0.3 is 0 Å². The molecule has 0 aliphatic heterocycles. The molecule has 108 valence electrons. The number of hydrogen-bond acceptors (Lipinski definition) is 2. The number of rotatable bonds is 4. The molecule has 21 heavy (non-hydrogen) atoms. The molecule has 2 aromatic carbocycles. The predicted molar refractivity (Wildman–Crippen MR) is 82.7 cm³/mol. The lowest BCUT2D eigenvalue weighted by atomic mass is 10.1. The van der Waals surface area contributed by atoms with Crippen molar-refractivity contribution in [3.63, 3.8) is 0 Å². The molecule has 1 aliphatic rings. The first-order valence-corrected chi connectivity index (χ1v) is 7.46. The zero-order valence-corrected chi connectivity index (χ0v) is 11.9. The zero-order valence-electron chi connectivity index (χ0n) is 11.9. The highest BCUT2D eigenvalue weighted by Gasteiger charge is 2.20. The van der Waals surface area contributed by atoms with Crippen LogP contribution in [0.5, 0.6) is 11.5 Å². The average Bonchev–Trinajstić information content (AvgIpc) is 3.02. The van der Waals surface area contributed by atoms with E-state index >= 15 is 0 Å². The molecule has 1 N–H and O–H groups in total. The quantitative estimate of drug-likeness (QED) is 0.914. The number of nitrogens with one attached hydrogen (secondary N) is 1. The first-order valence-electron chi connectivity index (χ1n) is 7.46. The summed E-state index contributed by atoms with van der Waals surface area (Å²) < 4.78 is 5.83. The number of benzene rings is 2. The Morgan fingerprint density at radius 1 is 0.952 bits per heavy atom. The highest BCUT2D eigenvalue weighted by Crippen LogP contribution is 2.26. The molecule has 0 heterocycles. The van der Waals surface area contributed by atoms with Crippen molar-refractivity contribution < 1.29 is 9.53 Å². The number of amides is 1.